The Hall–Kier alpha value is 0.220. The fraction of sp³-hybridized carbons (Fsp3) is 0.111. The van der Waals surface area contributed by atoms with Crippen LogP contribution in [0.4, 0.5) is 0 Å². The third-order valence-corrected chi connectivity index (χ3v) is 4.81. The molecular formula is C9H7IOS2. The molecule has 2 aromatic rings. The Bertz CT molecular complexity index is 450. The number of aliphatic hydroxyl groups is 1. The molecule has 0 amide bonds. The van der Waals surface area contributed by atoms with Gasteiger partial charge in [0, 0.05) is 20.5 Å². The normalized spacial score (nSPS) is 11.0. The van der Waals surface area contributed by atoms with Crippen LogP contribution in [0, 0.1) is 2.88 Å². The van der Waals surface area contributed by atoms with Gasteiger partial charge in [-0.2, -0.15) is 0 Å². The molecule has 0 bridgehead atoms. The van der Waals surface area contributed by atoms with E-state index >= 15 is 0 Å². The molecule has 1 heterocycles. The lowest BCUT2D eigenvalue weighted by atomic mass is 10.2. The van der Waals surface area contributed by atoms with Gasteiger partial charge in [0.05, 0.1) is 9.49 Å². The molecule has 0 unspecified atom stereocenters. The Labute approximate surface area is 99.3 Å². The molecular weight excluding hydrogens is 315 g/mol. The third-order valence-electron chi connectivity index (χ3n) is 1.91. The van der Waals surface area contributed by atoms with Gasteiger partial charge in [-0.15, -0.1) is 24.0 Å². The van der Waals surface area contributed by atoms with Gasteiger partial charge in [0.2, 0.25) is 0 Å². The molecule has 0 saturated heterocycles. The lowest BCUT2D eigenvalue weighted by Crippen LogP contribution is -1.81. The average molecular weight is 322 g/mol. The minimum atomic E-state index is 0.107. The standard InChI is InChI=1S/C9H7IOS2/c10-9-6(4-11)5-2-1-3-7(12)8(5)13-9/h1-3,11-12H,4H2. The Balaban J connectivity index is 2.86. The zero-order chi connectivity index (χ0) is 9.42. The molecule has 0 spiro atoms. The summed E-state index contributed by atoms with van der Waals surface area (Å²) in [6, 6.07) is 5.96. The summed E-state index contributed by atoms with van der Waals surface area (Å²) in [5.41, 5.74) is 1.02. The van der Waals surface area contributed by atoms with Crippen LogP contribution in [0.5, 0.6) is 0 Å². The number of fused-ring (bicyclic) bond motifs is 1. The van der Waals surface area contributed by atoms with Crippen LogP contribution in [0.3, 0.4) is 0 Å². The highest BCUT2D eigenvalue weighted by molar-refractivity contribution is 14.1. The van der Waals surface area contributed by atoms with E-state index in [1.807, 2.05) is 18.2 Å². The number of aliphatic hydroxyl groups excluding tert-OH is 1. The van der Waals surface area contributed by atoms with E-state index in [1.165, 1.54) is 4.70 Å². The van der Waals surface area contributed by atoms with E-state index < -0.39 is 0 Å². The van der Waals surface area contributed by atoms with Gasteiger partial charge in [-0.1, -0.05) is 12.1 Å². The molecule has 0 radical (unpaired) electrons. The summed E-state index contributed by atoms with van der Waals surface area (Å²) < 4.78 is 2.32. The van der Waals surface area contributed by atoms with Crippen molar-refractivity contribution in [3.8, 4) is 0 Å². The van der Waals surface area contributed by atoms with Crippen molar-refractivity contribution in [2.24, 2.45) is 0 Å². The Kier molecular flexibility index (Phi) is 2.83. The van der Waals surface area contributed by atoms with Crippen LogP contribution in [0.15, 0.2) is 23.1 Å². The molecule has 1 aromatic heterocycles. The zero-order valence-electron chi connectivity index (χ0n) is 6.62. The van der Waals surface area contributed by atoms with Gasteiger partial charge in [0.1, 0.15) is 0 Å². The number of hydrogen-bond acceptors (Lipinski definition) is 3. The maximum Gasteiger partial charge on any atom is 0.0721 e. The minimum Gasteiger partial charge on any atom is -0.392 e. The van der Waals surface area contributed by atoms with Crippen molar-refractivity contribution in [1.29, 1.82) is 0 Å². The summed E-state index contributed by atoms with van der Waals surface area (Å²) in [7, 11) is 0. The molecule has 0 fully saturated rings. The SMILES string of the molecule is OCc1c(I)sc2c(S)cccc12. The van der Waals surface area contributed by atoms with Crippen molar-refractivity contribution < 1.29 is 5.11 Å². The predicted octanol–water partition coefficient (Wildman–Crippen LogP) is 3.29. The first-order chi connectivity index (χ1) is 6.24. The maximum atomic E-state index is 9.17. The largest absolute Gasteiger partial charge is 0.392 e. The van der Waals surface area contributed by atoms with Gasteiger partial charge >= 0.3 is 0 Å². The van der Waals surface area contributed by atoms with Crippen LogP contribution in [-0.4, -0.2) is 5.11 Å². The third kappa shape index (κ3) is 1.60. The smallest absolute Gasteiger partial charge is 0.0721 e. The molecule has 1 N–H and O–H groups in total. The second kappa shape index (κ2) is 3.76. The Morgan fingerprint density at radius 1 is 1.46 bits per heavy atom. The molecule has 0 aliphatic rings. The van der Waals surface area contributed by atoms with Crippen molar-refractivity contribution in [2.75, 3.05) is 0 Å². The Morgan fingerprint density at radius 2 is 2.23 bits per heavy atom. The van der Waals surface area contributed by atoms with Gasteiger partial charge in [-0.05, 0) is 28.7 Å². The first kappa shape index (κ1) is 9.76. The van der Waals surface area contributed by atoms with Crippen molar-refractivity contribution in [2.45, 2.75) is 11.5 Å². The number of hydrogen-bond donors (Lipinski definition) is 2. The quantitative estimate of drug-likeness (QED) is 0.610. The summed E-state index contributed by atoms with van der Waals surface area (Å²) in [4.78, 5) is 0.986. The van der Waals surface area contributed by atoms with Crippen LogP contribution in [0.1, 0.15) is 5.56 Å². The van der Waals surface area contributed by atoms with Crippen molar-refractivity contribution >= 4 is 56.6 Å². The molecule has 13 heavy (non-hydrogen) atoms. The van der Waals surface area contributed by atoms with E-state index in [9.17, 15) is 5.11 Å². The second-order valence-corrected chi connectivity index (χ2v) is 5.98. The first-order valence-corrected chi connectivity index (χ1v) is 6.08. The maximum absolute atomic E-state index is 9.17. The average Bonchev–Trinajstić information content (AvgIpc) is 2.43. The van der Waals surface area contributed by atoms with Gasteiger partial charge in [-0.3, -0.25) is 0 Å². The second-order valence-electron chi connectivity index (χ2n) is 2.67. The van der Waals surface area contributed by atoms with Crippen molar-refractivity contribution in [3.05, 3.63) is 26.6 Å². The van der Waals surface area contributed by atoms with E-state index in [0.29, 0.717) is 0 Å². The van der Waals surface area contributed by atoms with E-state index in [2.05, 4.69) is 35.2 Å². The first-order valence-electron chi connectivity index (χ1n) is 3.73. The summed E-state index contributed by atoms with van der Waals surface area (Å²) in [6.07, 6.45) is 0. The van der Waals surface area contributed by atoms with Crippen molar-refractivity contribution in [1.82, 2.24) is 0 Å². The highest BCUT2D eigenvalue weighted by Crippen LogP contribution is 2.35. The fourth-order valence-corrected chi connectivity index (χ4v) is 3.69. The van der Waals surface area contributed by atoms with E-state index in [1.54, 1.807) is 11.3 Å². The minimum absolute atomic E-state index is 0.107. The monoisotopic (exact) mass is 322 g/mol. The van der Waals surface area contributed by atoms with Crippen LogP contribution in [-0.2, 0) is 6.61 Å². The number of thiophene rings is 1. The molecule has 0 aliphatic carbocycles. The number of halogens is 1. The van der Waals surface area contributed by atoms with Gasteiger partial charge < -0.3 is 5.11 Å². The topological polar surface area (TPSA) is 20.2 Å². The molecule has 0 saturated carbocycles. The highest BCUT2D eigenvalue weighted by Gasteiger charge is 2.09. The predicted molar refractivity (Wildman–Crippen MR) is 67.7 cm³/mol. The van der Waals surface area contributed by atoms with E-state index in [0.717, 1.165) is 18.7 Å². The van der Waals surface area contributed by atoms with Gasteiger partial charge in [0.25, 0.3) is 0 Å². The molecule has 4 heteroatoms. The van der Waals surface area contributed by atoms with Crippen LogP contribution in [0.25, 0.3) is 10.1 Å². The van der Waals surface area contributed by atoms with Crippen molar-refractivity contribution in [3.63, 3.8) is 0 Å². The van der Waals surface area contributed by atoms with E-state index in [-0.39, 0.29) is 6.61 Å². The summed E-state index contributed by atoms with van der Waals surface area (Å²) >= 11 is 8.31. The summed E-state index contributed by atoms with van der Waals surface area (Å²) in [5.74, 6) is 0. The number of rotatable bonds is 1. The highest BCUT2D eigenvalue weighted by atomic mass is 127. The zero-order valence-corrected chi connectivity index (χ0v) is 10.5. The van der Waals surface area contributed by atoms with Crippen LogP contribution < -0.4 is 0 Å². The van der Waals surface area contributed by atoms with Gasteiger partial charge in [0.15, 0.2) is 0 Å². The van der Waals surface area contributed by atoms with Crippen LogP contribution >= 0.6 is 46.6 Å². The molecule has 1 nitrogen and oxygen atoms in total. The van der Waals surface area contributed by atoms with Gasteiger partial charge in [-0.25, -0.2) is 0 Å². The number of benzene rings is 1. The van der Waals surface area contributed by atoms with Crippen LogP contribution in [0.2, 0.25) is 0 Å². The molecule has 0 atom stereocenters. The number of thiol groups is 1. The van der Waals surface area contributed by atoms with E-state index in [4.69, 9.17) is 0 Å². The molecule has 0 aliphatic heterocycles. The molecule has 68 valence electrons. The fourth-order valence-electron chi connectivity index (χ4n) is 1.27. The molecule has 2 rings (SSSR count). The summed E-state index contributed by atoms with van der Waals surface area (Å²) in [6.45, 7) is 0.107. The molecule has 1 aromatic carbocycles. The lowest BCUT2D eigenvalue weighted by Gasteiger charge is -1.95. The summed E-state index contributed by atoms with van der Waals surface area (Å²) in [5, 5.41) is 10.3. The Morgan fingerprint density at radius 3 is 2.92 bits per heavy atom. The lowest BCUT2D eigenvalue weighted by molar-refractivity contribution is 0.283.